The molecule has 0 bridgehead atoms. The zero-order valence-corrected chi connectivity index (χ0v) is 28.0. The minimum Gasteiger partial charge on any atom is -0.480 e. The lowest BCUT2D eigenvalue weighted by atomic mass is 10.1. The van der Waals surface area contributed by atoms with Gasteiger partial charge < -0.3 is 31.5 Å². The third-order valence-electron chi connectivity index (χ3n) is 7.38. The Morgan fingerprint density at radius 2 is 1.04 bits per heavy atom. The maximum Gasteiger partial charge on any atom is 0.317 e. The van der Waals surface area contributed by atoms with Gasteiger partial charge in [-0.3, -0.25) is 59.1 Å². The molecule has 2 aromatic rings. The van der Waals surface area contributed by atoms with Crippen LogP contribution < -0.4 is 21.9 Å². The fourth-order valence-corrected chi connectivity index (χ4v) is 4.82. The zero-order valence-electron chi connectivity index (χ0n) is 28.0. The number of carbonyl (C=O) groups excluding carboxylic acids is 3. The second-order valence-corrected chi connectivity index (χ2v) is 11.7. The molecule has 9 N–H and O–H groups in total. The molecular formula is C33H45N7O11. The van der Waals surface area contributed by atoms with Crippen LogP contribution in [-0.2, 0) is 52.9 Å². The van der Waals surface area contributed by atoms with Crippen molar-refractivity contribution in [3.05, 3.63) is 71.3 Å². The van der Waals surface area contributed by atoms with Gasteiger partial charge in [-0.1, -0.05) is 54.6 Å². The molecule has 18 heteroatoms. The van der Waals surface area contributed by atoms with Gasteiger partial charge in [0.05, 0.1) is 38.8 Å². The van der Waals surface area contributed by atoms with Crippen molar-refractivity contribution >= 4 is 41.6 Å². The molecular weight excluding hydrogens is 670 g/mol. The number of nitrogens with one attached hydrogen (secondary N) is 3. The summed E-state index contributed by atoms with van der Waals surface area (Å²) in [4.78, 5) is 86.0. The van der Waals surface area contributed by atoms with Gasteiger partial charge in [-0.15, -0.1) is 0 Å². The summed E-state index contributed by atoms with van der Waals surface area (Å²) in [6.45, 7) is -2.33. The number of hydrazine groups is 1. The fourth-order valence-electron chi connectivity index (χ4n) is 4.82. The molecule has 0 saturated carbocycles. The number of aryl methyl sites for hydroxylation is 1. The number of amides is 3. The smallest absolute Gasteiger partial charge is 0.317 e. The second kappa shape index (κ2) is 22.3. The highest BCUT2D eigenvalue weighted by Gasteiger charge is 2.20. The summed E-state index contributed by atoms with van der Waals surface area (Å²) in [5, 5.41) is 39.3. The predicted octanol–water partition coefficient (Wildman–Crippen LogP) is -1.80. The van der Waals surface area contributed by atoms with E-state index in [9.17, 15) is 33.6 Å². The van der Waals surface area contributed by atoms with Crippen LogP contribution in [0.15, 0.2) is 54.6 Å². The van der Waals surface area contributed by atoms with E-state index in [1.807, 2.05) is 30.3 Å². The van der Waals surface area contributed by atoms with Gasteiger partial charge in [0.2, 0.25) is 11.8 Å². The van der Waals surface area contributed by atoms with E-state index in [1.54, 1.807) is 29.2 Å². The van der Waals surface area contributed by atoms with Crippen molar-refractivity contribution in [1.82, 2.24) is 30.9 Å². The highest BCUT2D eigenvalue weighted by Crippen LogP contribution is 2.07. The number of carboxylic acids is 4. The maximum absolute atomic E-state index is 12.9. The summed E-state index contributed by atoms with van der Waals surface area (Å²) in [6, 6.07) is 15.5. The molecule has 2 rings (SSSR count). The number of aliphatic carboxylic acids is 4. The quantitative estimate of drug-likeness (QED) is 0.0557. The first-order chi connectivity index (χ1) is 24.2. The van der Waals surface area contributed by atoms with Gasteiger partial charge in [-0.25, -0.2) is 0 Å². The molecule has 0 radical (unpaired) electrons. The van der Waals surface area contributed by atoms with Gasteiger partial charge in [0, 0.05) is 39.1 Å². The van der Waals surface area contributed by atoms with Crippen LogP contribution in [-0.4, -0.2) is 142 Å². The summed E-state index contributed by atoms with van der Waals surface area (Å²) in [6.07, 6.45) is 0.783. The standard InChI is InChI=1S/C33H45N7O11/c34-26(16-24-4-2-1-3-5-24)33(51)37-36-27(41)11-10-23-6-8-25(9-7-23)17-35-28(42)18-38(12-14-39(19-29(43)44)20-30(45)46)13-15-40(21-31(47)48)22-32(49)50/h1-9,26H,10-22,34H2,(H,35,42)(H,36,41)(H,37,51)(H,43,44)(H,45,46)(H,47,48)(H,49,50). The predicted molar refractivity (Wildman–Crippen MR) is 181 cm³/mol. The molecule has 0 aliphatic carbocycles. The van der Waals surface area contributed by atoms with E-state index in [-0.39, 0.29) is 45.7 Å². The fraction of sp³-hybridized carbons (Fsp3) is 0.424. The zero-order chi connectivity index (χ0) is 37.8. The Hall–Kier alpha value is -5.43. The molecule has 0 spiro atoms. The summed E-state index contributed by atoms with van der Waals surface area (Å²) < 4.78 is 0. The van der Waals surface area contributed by atoms with Crippen LogP contribution >= 0.6 is 0 Å². The van der Waals surface area contributed by atoms with E-state index in [0.717, 1.165) is 26.5 Å². The van der Waals surface area contributed by atoms with Crippen LogP contribution in [0.25, 0.3) is 0 Å². The van der Waals surface area contributed by atoms with Crippen molar-refractivity contribution < 1.29 is 54.0 Å². The van der Waals surface area contributed by atoms with Crippen molar-refractivity contribution in [1.29, 1.82) is 0 Å². The van der Waals surface area contributed by atoms with Gasteiger partial charge in [-0.2, -0.15) is 0 Å². The first kappa shape index (κ1) is 41.7. The number of hydrogen-bond donors (Lipinski definition) is 8. The Balaban J connectivity index is 1.87. The molecule has 0 fully saturated rings. The molecule has 0 saturated heterocycles. The molecule has 1 atom stereocenters. The van der Waals surface area contributed by atoms with Gasteiger partial charge in [0.1, 0.15) is 0 Å². The molecule has 18 nitrogen and oxygen atoms in total. The number of carboxylic acid groups (broad SMARTS) is 4. The number of nitrogens with two attached hydrogens (primary N) is 1. The minimum atomic E-state index is -1.24. The molecule has 278 valence electrons. The van der Waals surface area contributed by atoms with E-state index in [1.165, 1.54) is 0 Å². The summed E-state index contributed by atoms with van der Waals surface area (Å²) in [7, 11) is 0. The number of rotatable bonds is 24. The second-order valence-electron chi connectivity index (χ2n) is 11.7. The van der Waals surface area contributed by atoms with Crippen LogP contribution in [0.3, 0.4) is 0 Å². The van der Waals surface area contributed by atoms with E-state index in [4.69, 9.17) is 26.2 Å². The largest absolute Gasteiger partial charge is 0.480 e. The maximum atomic E-state index is 12.9. The first-order valence-corrected chi connectivity index (χ1v) is 16.0. The van der Waals surface area contributed by atoms with Crippen molar-refractivity contribution in [3.63, 3.8) is 0 Å². The normalized spacial score (nSPS) is 11.6. The topological polar surface area (TPSA) is 272 Å². The Kier molecular flexibility index (Phi) is 18.3. The van der Waals surface area contributed by atoms with E-state index >= 15 is 0 Å². The Bertz CT molecular complexity index is 1400. The highest BCUT2D eigenvalue weighted by atomic mass is 16.4. The Morgan fingerprint density at radius 1 is 0.569 bits per heavy atom. The van der Waals surface area contributed by atoms with Crippen molar-refractivity contribution in [2.75, 3.05) is 58.9 Å². The van der Waals surface area contributed by atoms with Crippen LogP contribution in [0.1, 0.15) is 23.1 Å². The van der Waals surface area contributed by atoms with E-state index in [2.05, 4.69) is 16.2 Å². The molecule has 51 heavy (non-hydrogen) atoms. The SMILES string of the molecule is NC(Cc1ccccc1)C(=O)NNC(=O)CCc1ccc(CNC(=O)CN(CCN(CC(=O)O)CC(=O)O)CCN(CC(=O)O)CC(=O)O)cc1. The average molecular weight is 716 g/mol. The van der Waals surface area contributed by atoms with Crippen LogP contribution in [0.4, 0.5) is 0 Å². The molecule has 1 unspecified atom stereocenters. The lowest BCUT2D eigenvalue weighted by Gasteiger charge is -2.28. The molecule has 0 heterocycles. The van der Waals surface area contributed by atoms with Gasteiger partial charge in [0.15, 0.2) is 0 Å². The molecule has 0 aromatic heterocycles. The Morgan fingerprint density at radius 3 is 1.53 bits per heavy atom. The number of nitrogens with zero attached hydrogens (tertiary/aromatic N) is 3. The number of carbonyl (C=O) groups is 7. The average Bonchev–Trinajstić information content (AvgIpc) is 3.06. The van der Waals surface area contributed by atoms with Gasteiger partial charge in [-0.05, 0) is 29.5 Å². The minimum absolute atomic E-state index is 0.0361. The van der Waals surface area contributed by atoms with E-state index < -0.39 is 73.8 Å². The molecule has 0 aliphatic rings. The van der Waals surface area contributed by atoms with Crippen molar-refractivity contribution in [3.8, 4) is 0 Å². The Labute approximate surface area is 294 Å². The third kappa shape index (κ3) is 18.8. The summed E-state index contributed by atoms with van der Waals surface area (Å²) in [5.41, 5.74) is 13.1. The van der Waals surface area contributed by atoms with Crippen molar-refractivity contribution in [2.24, 2.45) is 5.73 Å². The summed E-state index contributed by atoms with van der Waals surface area (Å²) in [5.74, 6) is -6.33. The summed E-state index contributed by atoms with van der Waals surface area (Å²) >= 11 is 0. The molecule has 0 aliphatic heterocycles. The van der Waals surface area contributed by atoms with Crippen LogP contribution in [0.2, 0.25) is 0 Å². The van der Waals surface area contributed by atoms with E-state index in [0.29, 0.717) is 12.8 Å². The first-order valence-electron chi connectivity index (χ1n) is 16.0. The van der Waals surface area contributed by atoms with Gasteiger partial charge in [0.25, 0.3) is 5.91 Å². The lowest BCUT2D eigenvalue weighted by Crippen LogP contribution is -2.50. The van der Waals surface area contributed by atoms with Gasteiger partial charge >= 0.3 is 23.9 Å². The third-order valence-corrected chi connectivity index (χ3v) is 7.38. The molecule has 2 aromatic carbocycles. The van der Waals surface area contributed by atoms with Crippen LogP contribution in [0, 0.1) is 0 Å². The molecule has 3 amide bonds. The monoisotopic (exact) mass is 715 g/mol. The number of benzene rings is 2. The number of hydrogen-bond acceptors (Lipinski definition) is 11. The van der Waals surface area contributed by atoms with Crippen LogP contribution in [0.5, 0.6) is 0 Å². The lowest BCUT2D eigenvalue weighted by molar-refractivity contribution is -0.143. The highest BCUT2D eigenvalue weighted by molar-refractivity contribution is 5.85. The van der Waals surface area contributed by atoms with Crippen molar-refractivity contribution in [2.45, 2.75) is 31.8 Å².